The Kier molecular flexibility index (Phi) is 5.08. The highest BCUT2D eigenvalue weighted by molar-refractivity contribution is 5.94. The standard InChI is InChI=1S/C15H17FN2O4/c16-12-3-1-10(2-4-12)14(20)17-7-5-13(19)18-8-6-11(9-18)15(21)22/h1-4,11H,5-9H2,(H,17,20)(H,21,22). The third kappa shape index (κ3) is 4.03. The van der Waals surface area contributed by atoms with E-state index in [2.05, 4.69) is 5.32 Å². The zero-order valence-corrected chi connectivity index (χ0v) is 11.9. The van der Waals surface area contributed by atoms with Gasteiger partial charge in [-0.15, -0.1) is 0 Å². The first kappa shape index (κ1) is 15.9. The summed E-state index contributed by atoms with van der Waals surface area (Å²) < 4.78 is 12.7. The maximum Gasteiger partial charge on any atom is 0.308 e. The molecule has 1 aliphatic heterocycles. The Morgan fingerprint density at radius 1 is 1.27 bits per heavy atom. The maximum absolute atomic E-state index is 12.7. The molecule has 0 saturated carbocycles. The summed E-state index contributed by atoms with van der Waals surface area (Å²) in [6.07, 6.45) is 0.572. The molecule has 22 heavy (non-hydrogen) atoms. The number of aliphatic carboxylic acids is 1. The molecule has 2 N–H and O–H groups in total. The number of halogens is 1. The monoisotopic (exact) mass is 308 g/mol. The summed E-state index contributed by atoms with van der Waals surface area (Å²) >= 11 is 0. The van der Waals surface area contributed by atoms with Gasteiger partial charge < -0.3 is 15.3 Å². The molecule has 0 bridgehead atoms. The first-order chi connectivity index (χ1) is 10.5. The van der Waals surface area contributed by atoms with Gasteiger partial charge in [0.25, 0.3) is 5.91 Å². The van der Waals surface area contributed by atoms with Crippen LogP contribution in [0.25, 0.3) is 0 Å². The predicted octanol–water partition coefficient (Wildman–Crippen LogP) is 0.879. The van der Waals surface area contributed by atoms with E-state index < -0.39 is 17.7 Å². The number of benzene rings is 1. The van der Waals surface area contributed by atoms with Crippen LogP contribution in [-0.2, 0) is 9.59 Å². The molecule has 1 fully saturated rings. The van der Waals surface area contributed by atoms with Crippen molar-refractivity contribution in [3.8, 4) is 0 Å². The molecule has 1 aliphatic rings. The fraction of sp³-hybridized carbons (Fsp3) is 0.400. The molecule has 7 heteroatoms. The summed E-state index contributed by atoms with van der Waals surface area (Å²) in [7, 11) is 0. The van der Waals surface area contributed by atoms with Gasteiger partial charge in [-0.25, -0.2) is 4.39 Å². The Morgan fingerprint density at radius 3 is 2.55 bits per heavy atom. The lowest BCUT2D eigenvalue weighted by Crippen LogP contribution is -2.33. The number of carboxylic acid groups (broad SMARTS) is 1. The van der Waals surface area contributed by atoms with Crippen molar-refractivity contribution in [3.63, 3.8) is 0 Å². The number of likely N-dealkylation sites (tertiary alicyclic amines) is 1. The minimum Gasteiger partial charge on any atom is -0.481 e. The number of carboxylic acids is 1. The predicted molar refractivity (Wildman–Crippen MR) is 75.7 cm³/mol. The zero-order valence-electron chi connectivity index (χ0n) is 11.9. The van der Waals surface area contributed by atoms with Crippen molar-refractivity contribution >= 4 is 17.8 Å². The van der Waals surface area contributed by atoms with Crippen molar-refractivity contribution in [2.24, 2.45) is 5.92 Å². The van der Waals surface area contributed by atoms with Gasteiger partial charge in [-0.2, -0.15) is 0 Å². The van der Waals surface area contributed by atoms with E-state index in [1.54, 1.807) is 0 Å². The summed E-state index contributed by atoms with van der Waals surface area (Å²) in [5, 5.41) is 11.5. The number of amides is 2. The van der Waals surface area contributed by atoms with Crippen LogP contribution in [0.5, 0.6) is 0 Å². The first-order valence-corrected chi connectivity index (χ1v) is 7.01. The number of carbonyl (C=O) groups is 3. The number of nitrogens with one attached hydrogen (secondary N) is 1. The van der Waals surface area contributed by atoms with Crippen LogP contribution in [-0.4, -0.2) is 47.4 Å². The summed E-state index contributed by atoms with van der Waals surface area (Å²) in [4.78, 5) is 36.0. The van der Waals surface area contributed by atoms with Crippen molar-refractivity contribution in [2.75, 3.05) is 19.6 Å². The van der Waals surface area contributed by atoms with Gasteiger partial charge in [0.05, 0.1) is 5.92 Å². The second-order valence-corrected chi connectivity index (χ2v) is 5.18. The van der Waals surface area contributed by atoms with Gasteiger partial charge in [0, 0.05) is 31.6 Å². The molecule has 6 nitrogen and oxygen atoms in total. The Morgan fingerprint density at radius 2 is 1.95 bits per heavy atom. The van der Waals surface area contributed by atoms with Crippen molar-refractivity contribution in [3.05, 3.63) is 35.6 Å². The molecule has 0 spiro atoms. The molecule has 0 radical (unpaired) electrons. The summed E-state index contributed by atoms with van der Waals surface area (Å²) in [5.41, 5.74) is 0.320. The van der Waals surface area contributed by atoms with E-state index in [4.69, 9.17) is 5.11 Å². The molecule has 1 heterocycles. The topological polar surface area (TPSA) is 86.7 Å². The van der Waals surface area contributed by atoms with Crippen molar-refractivity contribution in [1.82, 2.24) is 10.2 Å². The molecular formula is C15H17FN2O4. The van der Waals surface area contributed by atoms with Crippen LogP contribution in [0.15, 0.2) is 24.3 Å². The van der Waals surface area contributed by atoms with Gasteiger partial charge in [0.2, 0.25) is 5.91 Å². The molecule has 1 atom stereocenters. The highest BCUT2D eigenvalue weighted by Gasteiger charge is 2.30. The highest BCUT2D eigenvalue weighted by atomic mass is 19.1. The second kappa shape index (κ2) is 7.02. The van der Waals surface area contributed by atoms with E-state index >= 15 is 0 Å². The Labute approximate surface area is 126 Å². The highest BCUT2D eigenvalue weighted by Crippen LogP contribution is 2.16. The lowest BCUT2D eigenvalue weighted by Gasteiger charge is -2.15. The van der Waals surface area contributed by atoms with Crippen molar-refractivity contribution < 1.29 is 23.9 Å². The molecule has 0 aliphatic carbocycles. The SMILES string of the molecule is O=C(NCCC(=O)N1CCC(C(=O)O)C1)c1ccc(F)cc1. The molecule has 1 unspecified atom stereocenters. The van der Waals surface area contributed by atoms with E-state index in [9.17, 15) is 18.8 Å². The number of nitrogens with zero attached hydrogens (tertiary/aromatic N) is 1. The van der Waals surface area contributed by atoms with Crippen LogP contribution in [0.3, 0.4) is 0 Å². The Hall–Kier alpha value is -2.44. The smallest absolute Gasteiger partial charge is 0.308 e. The number of hydrogen-bond donors (Lipinski definition) is 2. The lowest BCUT2D eigenvalue weighted by molar-refractivity contribution is -0.141. The van der Waals surface area contributed by atoms with Crippen molar-refractivity contribution in [2.45, 2.75) is 12.8 Å². The minimum atomic E-state index is -0.889. The molecule has 1 aromatic rings. The normalized spacial score (nSPS) is 17.3. The van der Waals surface area contributed by atoms with Gasteiger partial charge in [0.15, 0.2) is 0 Å². The number of rotatable bonds is 5. The number of carbonyl (C=O) groups excluding carboxylic acids is 2. The summed E-state index contributed by atoms with van der Waals surface area (Å²) in [6, 6.07) is 5.11. The van der Waals surface area contributed by atoms with Gasteiger partial charge >= 0.3 is 5.97 Å². The largest absolute Gasteiger partial charge is 0.481 e. The van der Waals surface area contributed by atoms with Crippen molar-refractivity contribution in [1.29, 1.82) is 0 Å². The Balaban J connectivity index is 1.74. The molecule has 118 valence electrons. The fourth-order valence-corrected chi connectivity index (χ4v) is 2.33. The molecule has 1 saturated heterocycles. The van der Waals surface area contributed by atoms with Gasteiger partial charge in [-0.1, -0.05) is 0 Å². The Bertz CT molecular complexity index is 573. The first-order valence-electron chi connectivity index (χ1n) is 7.01. The van der Waals surface area contributed by atoms with E-state index in [0.29, 0.717) is 18.5 Å². The van der Waals surface area contributed by atoms with E-state index in [1.165, 1.54) is 29.2 Å². The molecule has 2 amide bonds. The zero-order chi connectivity index (χ0) is 16.1. The fourth-order valence-electron chi connectivity index (χ4n) is 2.33. The lowest BCUT2D eigenvalue weighted by atomic mass is 10.1. The third-order valence-electron chi connectivity index (χ3n) is 3.62. The van der Waals surface area contributed by atoms with Crippen LogP contribution < -0.4 is 5.32 Å². The number of hydrogen-bond acceptors (Lipinski definition) is 3. The quantitative estimate of drug-likeness (QED) is 0.845. The molecule has 1 aromatic carbocycles. The van der Waals surface area contributed by atoms with Gasteiger partial charge in [-0.3, -0.25) is 14.4 Å². The van der Waals surface area contributed by atoms with E-state index in [0.717, 1.165) is 0 Å². The van der Waals surface area contributed by atoms with Crippen LogP contribution >= 0.6 is 0 Å². The van der Waals surface area contributed by atoms with E-state index in [1.807, 2.05) is 0 Å². The van der Waals surface area contributed by atoms with Crippen LogP contribution in [0.1, 0.15) is 23.2 Å². The summed E-state index contributed by atoms with van der Waals surface area (Å²) in [5.74, 6) is -2.37. The minimum absolute atomic E-state index is 0.110. The van der Waals surface area contributed by atoms with Crippen LogP contribution in [0.2, 0.25) is 0 Å². The third-order valence-corrected chi connectivity index (χ3v) is 3.62. The van der Waals surface area contributed by atoms with E-state index in [-0.39, 0.29) is 31.3 Å². The maximum atomic E-state index is 12.7. The summed E-state index contributed by atoms with van der Waals surface area (Å²) in [6.45, 7) is 0.811. The average molecular weight is 308 g/mol. The average Bonchev–Trinajstić information content (AvgIpc) is 2.98. The van der Waals surface area contributed by atoms with Gasteiger partial charge in [-0.05, 0) is 30.7 Å². The van der Waals surface area contributed by atoms with Crippen LogP contribution in [0.4, 0.5) is 4.39 Å². The van der Waals surface area contributed by atoms with Crippen LogP contribution in [0, 0.1) is 11.7 Å². The molecule has 0 aromatic heterocycles. The van der Waals surface area contributed by atoms with Gasteiger partial charge in [0.1, 0.15) is 5.82 Å². The molecular weight excluding hydrogens is 291 g/mol. The molecule has 2 rings (SSSR count). The second-order valence-electron chi connectivity index (χ2n) is 5.18.